The molecule has 1 N–H and O–H groups in total. The van der Waals surface area contributed by atoms with Crippen LogP contribution in [0.3, 0.4) is 0 Å². The lowest BCUT2D eigenvalue weighted by Gasteiger charge is -2.32. The third-order valence-electron chi connectivity index (χ3n) is 7.44. The molecular weight excluding hydrogens is 422 g/mol. The second-order valence-electron chi connectivity index (χ2n) is 9.72. The number of nitrogens with zero attached hydrogens (tertiary/aromatic N) is 2. The van der Waals surface area contributed by atoms with Gasteiger partial charge < -0.3 is 9.67 Å². The van der Waals surface area contributed by atoms with Gasteiger partial charge in [-0.2, -0.15) is 0 Å². The molecule has 2 aromatic carbocycles. The van der Waals surface area contributed by atoms with E-state index in [2.05, 4.69) is 23.3 Å². The molecule has 2 aliphatic rings. The second kappa shape index (κ2) is 8.56. The van der Waals surface area contributed by atoms with Crippen LogP contribution in [-0.2, 0) is 13.1 Å². The van der Waals surface area contributed by atoms with Crippen molar-refractivity contribution in [3.05, 3.63) is 58.9 Å². The van der Waals surface area contributed by atoms with Crippen LogP contribution in [0.4, 0.5) is 8.78 Å². The molecule has 6 heteroatoms. The zero-order valence-electron chi connectivity index (χ0n) is 19.2. The monoisotopic (exact) mass is 452 g/mol. The number of benzene rings is 2. The molecule has 1 aliphatic heterocycles. The van der Waals surface area contributed by atoms with E-state index in [0.29, 0.717) is 19.5 Å². The number of alkyl halides is 1. The van der Waals surface area contributed by atoms with Crippen LogP contribution in [0.15, 0.2) is 36.4 Å². The molecule has 0 saturated heterocycles. The van der Waals surface area contributed by atoms with Gasteiger partial charge in [-0.15, -0.1) is 0 Å². The fraction of sp³-hybridized carbons (Fsp3) is 0.444. The summed E-state index contributed by atoms with van der Waals surface area (Å²) >= 11 is 0. The van der Waals surface area contributed by atoms with E-state index in [1.54, 1.807) is 18.2 Å². The number of carboxylic acid groups (broad SMARTS) is 1. The van der Waals surface area contributed by atoms with Gasteiger partial charge in [-0.3, -0.25) is 4.90 Å². The van der Waals surface area contributed by atoms with E-state index in [1.807, 2.05) is 12.1 Å². The highest BCUT2D eigenvalue weighted by atomic mass is 19.1. The highest BCUT2D eigenvalue weighted by Crippen LogP contribution is 2.46. The van der Waals surface area contributed by atoms with Crippen molar-refractivity contribution in [3.8, 4) is 11.3 Å². The van der Waals surface area contributed by atoms with Gasteiger partial charge in [0, 0.05) is 48.1 Å². The number of aromatic nitrogens is 1. The third-order valence-corrected chi connectivity index (χ3v) is 7.44. The van der Waals surface area contributed by atoms with Gasteiger partial charge in [-0.05, 0) is 68.1 Å². The zero-order chi connectivity index (χ0) is 23.3. The number of hydrogen-bond donors (Lipinski definition) is 1. The summed E-state index contributed by atoms with van der Waals surface area (Å²) in [7, 11) is 0. The Labute approximate surface area is 192 Å². The first kappa shape index (κ1) is 22.1. The quantitative estimate of drug-likeness (QED) is 0.503. The summed E-state index contributed by atoms with van der Waals surface area (Å²) in [6, 6.07) is 10.3. The summed E-state index contributed by atoms with van der Waals surface area (Å²) in [5.74, 6) is -1.50. The molecular formula is C27H30F2N2O2. The molecule has 1 saturated carbocycles. The number of rotatable bonds is 3. The summed E-state index contributed by atoms with van der Waals surface area (Å²) in [6.45, 7) is 6.27. The fourth-order valence-corrected chi connectivity index (χ4v) is 5.71. The standard InChI is InChI=1S/C27H30F2N2O2/c1-16(2)30-11-12-31-24-14-17(27(32)33)7-9-22(24)25(21-5-3-4-6-23(21)29)26(31)20-10-8-19(28)13-18(20)15-30/h7-10,13-14,16,21,23H,3-6,11-12,15H2,1-2H3,(H,32,33)/t21-,23-/m1/s1. The molecule has 0 radical (unpaired) electrons. The van der Waals surface area contributed by atoms with Crippen molar-refractivity contribution in [3.63, 3.8) is 0 Å². The molecule has 1 fully saturated rings. The van der Waals surface area contributed by atoms with E-state index >= 15 is 4.39 Å². The van der Waals surface area contributed by atoms with E-state index in [0.717, 1.165) is 59.1 Å². The summed E-state index contributed by atoms with van der Waals surface area (Å²) in [5, 5.41) is 10.5. The molecule has 174 valence electrons. The van der Waals surface area contributed by atoms with Crippen LogP contribution >= 0.6 is 0 Å². The normalized spacial score (nSPS) is 21.5. The van der Waals surface area contributed by atoms with Crippen molar-refractivity contribution in [1.82, 2.24) is 9.47 Å². The van der Waals surface area contributed by atoms with Gasteiger partial charge >= 0.3 is 5.97 Å². The smallest absolute Gasteiger partial charge is 0.335 e. The highest BCUT2D eigenvalue weighted by molar-refractivity contribution is 5.98. The molecule has 33 heavy (non-hydrogen) atoms. The summed E-state index contributed by atoms with van der Waals surface area (Å²) in [5.41, 5.74) is 4.73. The molecule has 1 aromatic heterocycles. The van der Waals surface area contributed by atoms with Gasteiger partial charge in [0.1, 0.15) is 12.0 Å². The van der Waals surface area contributed by atoms with Crippen molar-refractivity contribution in [2.45, 2.75) is 70.8 Å². The minimum absolute atomic E-state index is 0.219. The summed E-state index contributed by atoms with van der Waals surface area (Å²) in [6.07, 6.45) is 2.24. The van der Waals surface area contributed by atoms with Crippen LogP contribution in [-0.4, -0.2) is 39.3 Å². The minimum atomic E-state index is -0.979. The molecule has 2 atom stereocenters. The molecule has 3 aromatic rings. The summed E-state index contributed by atoms with van der Waals surface area (Å²) < 4.78 is 31.8. The fourth-order valence-electron chi connectivity index (χ4n) is 5.71. The number of aromatic carboxylic acids is 1. The van der Waals surface area contributed by atoms with Gasteiger partial charge in [-0.25, -0.2) is 13.6 Å². The van der Waals surface area contributed by atoms with E-state index in [-0.39, 0.29) is 23.3 Å². The van der Waals surface area contributed by atoms with Crippen LogP contribution in [0.5, 0.6) is 0 Å². The third kappa shape index (κ3) is 3.84. The van der Waals surface area contributed by atoms with Crippen molar-refractivity contribution in [2.75, 3.05) is 6.54 Å². The van der Waals surface area contributed by atoms with Crippen molar-refractivity contribution >= 4 is 16.9 Å². The Kier molecular flexibility index (Phi) is 5.73. The predicted molar refractivity (Wildman–Crippen MR) is 126 cm³/mol. The molecule has 0 spiro atoms. The molecule has 0 bridgehead atoms. The Morgan fingerprint density at radius 2 is 1.88 bits per heavy atom. The van der Waals surface area contributed by atoms with Crippen LogP contribution < -0.4 is 0 Å². The lowest BCUT2D eigenvalue weighted by molar-refractivity contribution is 0.0697. The predicted octanol–water partition coefficient (Wildman–Crippen LogP) is 6.37. The van der Waals surface area contributed by atoms with Gasteiger partial charge in [-0.1, -0.05) is 18.9 Å². The Hall–Kier alpha value is -2.73. The maximum Gasteiger partial charge on any atom is 0.335 e. The molecule has 5 rings (SSSR count). The maximum atomic E-state index is 15.3. The SMILES string of the molecule is CC(C)N1CCn2c(c([C@@H]3CCCC[C@H]3F)c3ccc(C(=O)O)cc32)-c2ccc(F)cc2C1. The number of hydrogen-bond acceptors (Lipinski definition) is 2. The molecule has 2 heterocycles. The molecule has 1 aliphatic carbocycles. The zero-order valence-corrected chi connectivity index (χ0v) is 19.2. The number of halogens is 2. The van der Waals surface area contributed by atoms with Crippen LogP contribution in [0.1, 0.15) is 66.9 Å². The topological polar surface area (TPSA) is 45.5 Å². The highest BCUT2D eigenvalue weighted by Gasteiger charge is 2.34. The van der Waals surface area contributed by atoms with Crippen molar-refractivity contribution in [1.29, 1.82) is 0 Å². The summed E-state index contributed by atoms with van der Waals surface area (Å²) in [4.78, 5) is 14.1. The number of fused-ring (bicyclic) bond motifs is 5. The number of carboxylic acids is 1. The van der Waals surface area contributed by atoms with Crippen LogP contribution in [0.2, 0.25) is 0 Å². The molecule has 0 amide bonds. The van der Waals surface area contributed by atoms with Crippen molar-refractivity contribution < 1.29 is 18.7 Å². The lowest BCUT2D eigenvalue weighted by atomic mass is 9.80. The average Bonchev–Trinajstić information content (AvgIpc) is 3.08. The first-order valence-corrected chi connectivity index (χ1v) is 11.9. The van der Waals surface area contributed by atoms with Gasteiger partial charge in [0.15, 0.2) is 0 Å². The van der Waals surface area contributed by atoms with Crippen LogP contribution in [0, 0.1) is 5.82 Å². The number of carbonyl (C=O) groups is 1. The first-order chi connectivity index (χ1) is 15.8. The first-order valence-electron chi connectivity index (χ1n) is 11.9. The average molecular weight is 453 g/mol. The maximum absolute atomic E-state index is 15.3. The second-order valence-corrected chi connectivity index (χ2v) is 9.72. The Morgan fingerprint density at radius 1 is 1.09 bits per heavy atom. The van der Waals surface area contributed by atoms with E-state index in [9.17, 15) is 14.3 Å². The Balaban J connectivity index is 1.84. The molecule has 4 nitrogen and oxygen atoms in total. The van der Waals surface area contributed by atoms with E-state index in [4.69, 9.17) is 0 Å². The van der Waals surface area contributed by atoms with E-state index < -0.39 is 12.1 Å². The minimum Gasteiger partial charge on any atom is -0.478 e. The lowest BCUT2D eigenvalue weighted by Crippen LogP contribution is -2.35. The van der Waals surface area contributed by atoms with Crippen LogP contribution in [0.25, 0.3) is 22.2 Å². The largest absolute Gasteiger partial charge is 0.478 e. The Morgan fingerprint density at radius 3 is 2.61 bits per heavy atom. The van der Waals surface area contributed by atoms with Crippen molar-refractivity contribution in [2.24, 2.45) is 0 Å². The van der Waals surface area contributed by atoms with Gasteiger partial charge in [0.2, 0.25) is 0 Å². The molecule has 0 unspecified atom stereocenters. The van der Waals surface area contributed by atoms with Gasteiger partial charge in [0.05, 0.1) is 11.3 Å². The van der Waals surface area contributed by atoms with E-state index in [1.165, 1.54) is 6.07 Å². The van der Waals surface area contributed by atoms with Gasteiger partial charge in [0.25, 0.3) is 0 Å². The Bertz CT molecular complexity index is 1220.